The monoisotopic (exact) mass is 193 g/mol. The van der Waals surface area contributed by atoms with Gasteiger partial charge in [-0.15, -0.1) is 0 Å². The molecule has 0 saturated carbocycles. The van der Waals surface area contributed by atoms with E-state index in [0.29, 0.717) is 6.42 Å². The Labute approximate surface area is 83.3 Å². The fourth-order valence-electron chi connectivity index (χ4n) is 1.18. The molecule has 4 nitrogen and oxygen atoms in total. The zero-order valence-corrected chi connectivity index (χ0v) is 8.16. The van der Waals surface area contributed by atoms with Crippen molar-refractivity contribution < 1.29 is 4.79 Å². The van der Waals surface area contributed by atoms with E-state index in [1.54, 1.807) is 0 Å². The number of nitrogens with one attached hydrogen (secondary N) is 1. The van der Waals surface area contributed by atoms with Crippen LogP contribution in [0.1, 0.15) is 11.1 Å². The van der Waals surface area contributed by atoms with Crippen LogP contribution in [-0.2, 0) is 11.2 Å². The Morgan fingerprint density at radius 2 is 2.00 bits per heavy atom. The fourth-order valence-corrected chi connectivity index (χ4v) is 1.18. The number of carbonyl (C=O) groups is 1. The first-order chi connectivity index (χ1) is 6.63. The van der Waals surface area contributed by atoms with Crippen LogP contribution in [0.3, 0.4) is 0 Å². The molecular formula is C10H15N3O. The summed E-state index contributed by atoms with van der Waals surface area (Å²) < 4.78 is 0. The van der Waals surface area contributed by atoms with Crippen molar-refractivity contribution in [3.63, 3.8) is 0 Å². The Hall–Kier alpha value is -1.39. The summed E-state index contributed by atoms with van der Waals surface area (Å²) in [4.78, 5) is 11.0. The highest BCUT2D eigenvalue weighted by molar-refractivity contribution is 5.81. The maximum atomic E-state index is 11.0. The van der Waals surface area contributed by atoms with Crippen LogP contribution in [0.15, 0.2) is 24.3 Å². The van der Waals surface area contributed by atoms with Crippen molar-refractivity contribution >= 4 is 5.91 Å². The molecule has 1 aromatic rings. The first-order valence-electron chi connectivity index (χ1n) is 4.45. The topological polar surface area (TPSA) is 81.1 Å². The second kappa shape index (κ2) is 4.74. The number of hydrazine groups is 1. The third-order valence-corrected chi connectivity index (χ3v) is 2.06. The molecule has 1 atom stereocenters. The summed E-state index contributed by atoms with van der Waals surface area (Å²) in [6, 6.07) is 7.31. The summed E-state index contributed by atoms with van der Waals surface area (Å²) in [5, 5.41) is 0. The van der Waals surface area contributed by atoms with Crippen molar-refractivity contribution in [2.24, 2.45) is 11.6 Å². The minimum atomic E-state index is -0.581. The molecule has 0 saturated heterocycles. The molecule has 0 fully saturated rings. The van der Waals surface area contributed by atoms with Gasteiger partial charge in [0.2, 0.25) is 0 Å². The lowest BCUT2D eigenvalue weighted by Crippen LogP contribution is -2.45. The number of amides is 1. The summed E-state index contributed by atoms with van der Waals surface area (Å²) in [6.45, 7) is 2.01. The quantitative estimate of drug-likeness (QED) is 0.355. The lowest BCUT2D eigenvalue weighted by atomic mass is 10.0. The molecule has 0 aromatic heterocycles. The second-order valence-corrected chi connectivity index (χ2v) is 3.30. The molecule has 0 aliphatic rings. The second-order valence-electron chi connectivity index (χ2n) is 3.30. The van der Waals surface area contributed by atoms with Crippen molar-refractivity contribution in [2.45, 2.75) is 19.4 Å². The summed E-state index contributed by atoms with van der Waals surface area (Å²) in [5.41, 5.74) is 9.86. The summed E-state index contributed by atoms with van der Waals surface area (Å²) in [7, 11) is 0. The van der Waals surface area contributed by atoms with Crippen LogP contribution >= 0.6 is 0 Å². The van der Waals surface area contributed by atoms with Gasteiger partial charge in [-0.2, -0.15) is 0 Å². The van der Waals surface area contributed by atoms with Gasteiger partial charge in [0, 0.05) is 0 Å². The van der Waals surface area contributed by atoms with Crippen LogP contribution in [0.5, 0.6) is 0 Å². The number of hydrogen-bond donors (Lipinski definition) is 3. The third kappa shape index (κ3) is 2.83. The van der Waals surface area contributed by atoms with E-state index >= 15 is 0 Å². The van der Waals surface area contributed by atoms with E-state index in [0.717, 1.165) is 5.56 Å². The number of aryl methyl sites for hydroxylation is 1. The van der Waals surface area contributed by atoms with E-state index in [1.165, 1.54) is 5.56 Å². The predicted molar refractivity (Wildman–Crippen MR) is 55.2 cm³/mol. The van der Waals surface area contributed by atoms with E-state index in [9.17, 15) is 4.79 Å². The van der Waals surface area contributed by atoms with Gasteiger partial charge in [-0.05, 0) is 18.9 Å². The normalized spacial score (nSPS) is 12.2. The molecule has 0 bridgehead atoms. The molecule has 0 spiro atoms. The molecule has 1 rings (SSSR count). The molecule has 0 radical (unpaired) electrons. The lowest BCUT2D eigenvalue weighted by Gasteiger charge is -2.09. The van der Waals surface area contributed by atoms with Gasteiger partial charge in [0.25, 0.3) is 5.91 Å². The lowest BCUT2D eigenvalue weighted by molar-refractivity contribution is -0.122. The van der Waals surface area contributed by atoms with Crippen molar-refractivity contribution in [1.29, 1.82) is 0 Å². The SMILES string of the molecule is Cc1ccc(CC(N)C(=O)NN)cc1. The highest BCUT2D eigenvalue weighted by atomic mass is 16.2. The Bertz CT molecular complexity index is 308. The van der Waals surface area contributed by atoms with E-state index in [4.69, 9.17) is 11.6 Å². The predicted octanol–water partition coefficient (Wildman–Crippen LogP) is -0.145. The van der Waals surface area contributed by atoms with E-state index in [2.05, 4.69) is 0 Å². The van der Waals surface area contributed by atoms with Gasteiger partial charge in [0.15, 0.2) is 0 Å². The number of rotatable bonds is 3. The molecule has 14 heavy (non-hydrogen) atoms. The number of hydrogen-bond acceptors (Lipinski definition) is 3. The minimum Gasteiger partial charge on any atom is -0.320 e. The first kappa shape index (κ1) is 10.7. The minimum absolute atomic E-state index is 0.342. The highest BCUT2D eigenvalue weighted by Crippen LogP contribution is 2.05. The van der Waals surface area contributed by atoms with Gasteiger partial charge < -0.3 is 5.73 Å². The van der Waals surface area contributed by atoms with Gasteiger partial charge in [-0.1, -0.05) is 29.8 Å². The number of carbonyl (C=O) groups excluding carboxylic acids is 1. The van der Waals surface area contributed by atoms with Crippen molar-refractivity contribution in [2.75, 3.05) is 0 Å². The standard InChI is InChI=1S/C10H15N3O/c1-7-2-4-8(5-3-7)6-9(11)10(14)13-12/h2-5,9H,6,11-12H2,1H3,(H,13,14). The molecule has 1 unspecified atom stereocenters. The van der Waals surface area contributed by atoms with Gasteiger partial charge in [0.05, 0.1) is 6.04 Å². The Kier molecular flexibility index (Phi) is 3.62. The Morgan fingerprint density at radius 1 is 1.43 bits per heavy atom. The van der Waals surface area contributed by atoms with Crippen molar-refractivity contribution in [3.8, 4) is 0 Å². The molecule has 5 N–H and O–H groups in total. The van der Waals surface area contributed by atoms with Crippen LogP contribution < -0.4 is 17.0 Å². The molecule has 76 valence electrons. The van der Waals surface area contributed by atoms with Crippen LogP contribution in [0.25, 0.3) is 0 Å². The number of benzene rings is 1. The van der Waals surface area contributed by atoms with E-state index in [-0.39, 0.29) is 5.91 Å². The van der Waals surface area contributed by atoms with Gasteiger partial charge in [0.1, 0.15) is 0 Å². The summed E-state index contributed by atoms with van der Waals surface area (Å²) in [6.07, 6.45) is 0.503. The number of nitrogens with two attached hydrogens (primary N) is 2. The van der Waals surface area contributed by atoms with E-state index < -0.39 is 6.04 Å². The molecule has 1 aromatic carbocycles. The largest absolute Gasteiger partial charge is 0.320 e. The molecule has 4 heteroatoms. The van der Waals surface area contributed by atoms with Crippen LogP contribution in [0.2, 0.25) is 0 Å². The Morgan fingerprint density at radius 3 is 2.50 bits per heavy atom. The maximum absolute atomic E-state index is 11.0. The molecular weight excluding hydrogens is 178 g/mol. The molecule has 1 amide bonds. The molecule has 0 aliphatic heterocycles. The molecule has 0 aliphatic carbocycles. The first-order valence-corrected chi connectivity index (χ1v) is 4.45. The highest BCUT2D eigenvalue weighted by Gasteiger charge is 2.11. The van der Waals surface area contributed by atoms with Crippen molar-refractivity contribution in [3.05, 3.63) is 35.4 Å². The van der Waals surface area contributed by atoms with Crippen molar-refractivity contribution in [1.82, 2.24) is 5.43 Å². The zero-order valence-electron chi connectivity index (χ0n) is 8.16. The van der Waals surface area contributed by atoms with E-state index in [1.807, 2.05) is 36.6 Å². The third-order valence-electron chi connectivity index (χ3n) is 2.06. The van der Waals surface area contributed by atoms with Crippen LogP contribution in [-0.4, -0.2) is 11.9 Å². The fraction of sp³-hybridized carbons (Fsp3) is 0.300. The average molecular weight is 193 g/mol. The van der Waals surface area contributed by atoms with Gasteiger partial charge in [-0.25, -0.2) is 5.84 Å². The summed E-state index contributed by atoms with van der Waals surface area (Å²) in [5.74, 6) is 4.63. The average Bonchev–Trinajstić information content (AvgIpc) is 2.20. The Balaban J connectivity index is 2.60. The smallest absolute Gasteiger partial charge is 0.251 e. The van der Waals surface area contributed by atoms with Crippen LogP contribution in [0.4, 0.5) is 0 Å². The van der Waals surface area contributed by atoms with Crippen LogP contribution in [0, 0.1) is 6.92 Å². The van der Waals surface area contributed by atoms with Gasteiger partial charge in [-0.3, -0.25) is 10.2 Å². The summed E-state index contributed by atoms with van der Waals surface area (Å²) >= 11 is 0. The zero-order chi connectivity index (χ0) is 10.6. The maximum Gasteiger partial charge on any atom is 0.251 e. The van der Waals surface area contributed by atoms with Gasteiger partial charge >= 0.3 is 0 Å². The molecule has 0 heterocycles.